The van der Waals surface area contributed by atoms with Crippen molar-refractivity contribution in [3.05, 3.63) is 64.9 Å². The van der Waals surface area contributed by atoms with Crippen molar-refractivity contribution < 1.29 is 29.3 Å². The molecule has 7 heteroatoms. The lowest BCUT2D eigenvalue weighted by Crippen LogP contribution is -2.58. The van der Waals surface area contributed by atoms with Gasteiger partial charge in [0, 0.05) is 29.3 Å². The van der Waals surface area contributed by atoms with Crippen LogP contribution >= 0.6 is 0 Å². The van der Waals surface area contributed by atoms with Crippen LogP contribution < -0.4 is 14.4 Å². The van der Waals surface area contributed by atoms with Crippen molar-refractivity contribution in [1.82, 2.24) is 0 Å². The summed E-state index contributed by atoms with van der Waals surface area (Å²) in [6.07, 6.45) is 0.547. The van der Waals surface area contributed by atoms with Crippen molar-refractivity contribution in [2.24, 2.45) is 5.41 Å². The molecule has 0 spiro atoms. The Morgan fingerprint density at radius 1 is 0.969 bits per heavy atom. The number of allylic oxidation sites excluding steroid dienone is 1. The third kappa shape index (κ3) is 2.32. The molecular weight excluding hydrogens is 410 g/mol. The van der Waals surface area contributed by atoms with Crippen LogP contribution in [0.5, 0.6) is 11.5 Å². The number of nitrogens with zero attached hydrogens (tertiary/aromatic N) is 1. The average molecular weight is 435 g/mol. The molecule has 2 atom stereocenters. The molecule has 5 rings (SSSR count). The van der Waals surface area contributed by atoms with E-state index in [0.717, 1.165) is 0 Å². The molecule has 0 radical (unpaired) electrons. The fourth-order valence-corrected chi connectivity index (χ4v) is 5.48. The highest BCUT2D eigenvalue weighted by molar-refractivity contribution is 6.19. The third-order valence-corrected chi connectivity index (χ3v) is 6.82. The fraction of sp³-hybridized carbons (Fsp3) is 0.360. The Morgan fingerprint density at radius 2 is 1.69 bits per heavy atom. The van der Waals surface area contributed by atoms with Crippen LogP contribution in [-0.2, 0) is 10.5 Å². The van der Waals surface area contributed by atoms with Gasteiger partial charge in [0.05, 0.1) is 25.5 Å². The van der Waals surface area contributed by atoms with Crippen molar-refractivity contribution in [3.63, 3.8) is 0 Å². The van der Waals surface area contributed by atoms with Crippen molar-refractivity contribution in [1.29, 1.82) is 0 Å². The molecule has 0 saturated heterocycles. The summed E-state index contributed by atoms with van der Waals surface area (Å²) in [5.74, 6) is -0.118. The zero-order valence-corrected chi connectivity index (χ0v) is 18.4. The lowest BCUT2D eigenvalue weighted by molar-refractivity contribution is -0.124. The zero-order chi connectivity index (χ0) is 23.1. The average Bonchev–Trinajstić information content (AvgIpc) is 3.06. The van der Waals surface area contributed by atoms with E-state index in [1.54, 1.807) is 42.5 Å². The van der Waals surface area contributed by atoms with E-state index in [4.69, 9.17) is 9.47 Å². The largest absolute Gasteiger partial charge is 0.497 e. The van der Waals surface area contributed by atoms with E-state index in [0.29, 0.717) is 29.3 Å². The fourth-order valence-electron chi connectivity index (χ4n) is 5.48. The molecule has 32 heavy (non-hydrogen) atoms. The van der Waals surface area contributed by atoms with Crippen LogP contribution in [0.3, 0.4) is 0 Å². The maximum absolute atomic E-state index is 13.5. The van der Waals surface area contributed by atoms with Crippen molar-refractivity contribution >= 4 is 17.3 Å². The van der Waals surface area contributed by atoms with Crippen LogP contribution in [-0.4, -0.2) is 41.6 Å². The number of methoxy groups -OCH3 is 2. The standard InChI is InChI=1S/C25H25NO6/c1-23(2)12-18-21(19(27)13-23)24(29)22(28)15-7-5-6-8-16(15)25(24,30)26(18)17-11-14(31-3)9-10-20(17)32-4/h5-11,29-30H,12-13H2,1-4H3/t24-,25+/m0/s1. The van der Waals surface area contributed by atoms with Crippen LogP contribution in [0.1, 0.15) is 42.6 Å². The van der Waals surface area contributed by atoms with Gasteiger partial charge in [-0.15, -0.1) is 0 Å². The van der Waals surface area contributed by atoms with Crippen LogP contribution in [0.2, 0.25) is 0 Å². The molecule has 2 aromatic carbocycles. The lowest BCUT2D eigenvalue weighted by Gasteiger charge is -2.41. The molecule has 0 bridgehead atoms. The van der Waals surface area contributed by atoms with E-state index in [1.807, 2.05) is 13.8 Å². The first-order chi connectivity index (χ1) is 15.1. The van der Waals surface area contributed by atoms with Gasteiger partial charge in [-0.25, -0.2) is 0 Å². The number of rotatable bonds is 3. The molecule has 0 amide bonds. The first-order valence-corrected chi connectivity index (χ1v) is 10.5. The highest BCUT2D eigenvalue weighted by atomic mass is 16.5. The van der Waals surface area contributed by atoms with Gasteiger partial charge < -0.3 is 24.6 Å². The second kappa shape index (κ2) is 6.43. The van der Waals surface area contributed by atoms with Gasteiger partial charge in [0.15, 0.2) is 5.78 Å². The first kappa shape index (κ1) is 20.7. The summed E-state index contributed by atoms with van der Waals surface area (Å²) in [6, 6.07) is 11.6. The summed E-state index contributed by atoms with van der Waals surface area (Å²) < 4.78 is 11.0. The van der Waals surface area contributed by atoms with Gasteiger partial charge in [-0.3, -0.25) is 9.59 Å². The number of Topliss-reactive ketones (excluding diaryl/α,β-unsaturated/α-hetero) is 2. The Morgan fingerprint density at radius 3 is 2.38 bits per heavy atom. The van der Waals surface area contributed by atoms with Gasteiger partial charge in [-0.2, -0.15) is 0 Å². The number of aliphatic hydroxyl groups is 2. The van der Waals surface area contributed by atoms with E-state index in [2.05, 4.69) is 0 Å². The van der Waals surface area contributed by atoms with Gasteiger partial charge in [-0.1, -0.05) is 38.1 Å². The summed E-state index contributed by atoms with van der Waals surface area (Å²) in [5, 5.41) is 24.2. The predicted molar refractivity (Wildman–Crippen MR) is 117 cm³/mol. The van der Waals surface area contributed by atoms with Gasteiger partial charge in [-0.05, 0) is 24.0 Å². The Kier molecular flexibility index (Phi) is 4.17. The van der Waals surface area contributed by atoms with Gasteiger partial charge in [0.25, 0.3) is 0 Å². The van der Waals surface area contributed by atoms with Crippen molar-refractivity contribution in [3.8, 4) is 11.5 Å². The topological polar surface area (TPSA) is 96.3 Å². The van der Waals surface area contributed by atoms with Crippen LogP contribution in [0.4, 0.5) is 5.69 Å². The van der Waals surface area contributed by atoms with Crippen LogP contribution in [0.25, 0.3) is 0 Å². The number of ketones is 2. The minimum atomic E-state index is -2.42. The third-order valence-electron chi connectivity index (χ3n) is 6.82. The van der Waals surface area contributed by atoms with E-state index in [9.17, 15) is 19.8 Å². The Bertz CT molecular complexity index is 1210. The molecule has 0 saturated carbocycles. The number of hydrogen-bond donors (Lipinski definition) is 2. The minimum Gasteiger partial charge on any atom is -0.497 e. The molecular formula is C25H25NO6. The molecule has 1 heterocycles. The quantitative estimate of drug-likeness (QED) is 0.765. The number of carbonyl (C=O) groups excluding carboxylic acids is 2. The molecule has 0 aromatic heterocycles. The van der Waals surface area contributed by atoms with Crippen molar-refractivity contribution in [2.45, 2.75) is 38.0 Å². The van der Waals surface area contributed by atoms with E-state index in [-0.39, 0.29) is 28.9 Å². The van der Waals surface area contributed by atoms with Gasteiger partial charge in [0.1, 0.15) is 11.5 Å². The number of fused-ring (bicyclic) bond motifs is 4. The minimum absolute atomic E-state index is 0.0367. The normalized spacial score (nSPS) is 27.9. The molecule has 7 nitrogen and oxygen atoms in total. The molecule has 3 aliphatic rings. The molecule has 1 aliphatic heterocycles. The summed E-state index contributed by atoms with van der Waals surface area (Å²) in [7, 11) is 3.02. The van der Waals surface area contributed by atoms with Crippen molar-refractivity contribution in [2.75, 3.05) is 19.1 Å². The maximum atomic E-state index is 13.5. The Hall–Kier alpha value is -3.16. The molecule has 166 valence electrons. The second-order valence-electron chi connectivity index (χ2n) is 9.39. The molecule has 2 N–H and O–H groups in total. The zero-order valence-electron chi connectivity index (χ0n) is 18.4. The summed E-state index contributed by atoms with van der Waals surface area (Å²) in [4.78, 5) is 28.4. The summed E-state index contributed by atoms with van der Waals surface area (Å²) >= 11 is 0. The predicted octanol–water partition coefficient (Wildman–Crippen LogP) is 2.94. The SMILES string of the molecule is COc1ccc(OC)c(N2C3=C(C(=O)CC(C)(C)C3)[C@]3(O)C(=O)c4ccccc4[C@]23O)c1. The first-order valence-electron chi connectivity index (χ1n) is 10.5. The number of hydrogen-bond acceptors (Lipinski definition) is 7. The van der Waals surface area contributed by atoms with E-state index < -0.39 is 22.5 Å². The van der Waals surface area contributed by atoms with Gasteiger partial charge in [0.2, 0.25) is 17.1 Å². The number of benzene rings is 2. The molecule has 0 unspecified atom stereocenters. The maximum Gasteiger partial charge on any atom is 0.211 e. The molecule has 2 aromatic rings. The number of ether oxygens (including phenoxy) is 2. The second-order valence-corrected chi connectivity index (χ2v) is 9.39. The van der Waals surface area contributed by atoms with Crippen LogP contribution in [0, 0.1) is 5.41 Å². The van der Waals surface area contributed by atoms with Crippen LogP contribution in [0.15, 0.2) is 53.7 Å². The number of carbonyl (C=O) groups is 2. The van der Waals surface area contributed by atoms with E-state index in [1.165, 1.54) is 19.1 Å². The summed E-state index contributed by atoms with van der Waals surface area (Å²) in [6.45, 7) is 3.90. The summed E-state index contributed by atoms with van der Waals surface area (Å²) in [5.41, 5.74) is -3.84. The van der Waals surface area contributed by atoms with E-state index >= 15 is 0 Å². The monoisotopic (exact) mass is 435 g/mol. The molecule has 2 aliphatic carbocycles. The highest BCUT2D eigenvalue weighted by Gasteiger charge is 2.74. The molecule has 0 fully saturated rings. The Labute approximate surface area is 185 Å². The smallest absolute Gasteiger partial charge is 0.211 e. The lowest BCUT2D eigenvalue weighted by atomic mass is 9.72. The number of anilines is 1. The highest BCUT2D eigenvalue weighted by Crippen LogP contribution is 2.62. The Balaban J connectivity index is 1.89. The van der Waals surface area contributed by atoms with Gasteiger partial charge >= 0.3 is 0 Å².